The summed E-state index contributed by atoms with van der Waals surface area (Å²) in [6.07, 6.45) is 1.41. The molecule has 1 amide bonds. The van der Waals surface area contributed by atoms with Crippen molar-refractivity contribution in [3.8, 4) is 5.75 Å². The SMILES string of the molecule is CCCNC(=O)C(C)Oc1c(F)cccc1CC(N)CC. The first-order chi connectivity index (χ1) is 9.99. The van der Waals surface area contributed by atoms with Crippen LogP contribution < -0.4 is 15.8 Å². The molecule has 2 unspecified atom stereocenters. The molecule has 2 atom stereocenters. The van der Waals surface area contributed by atoms with Crippen molar-refractivity contribution in [3.05, 3.63) is 29.6 Å². The third-order valence-electron chi connectivity index (χ3n) is 3.27. The number of nitrogens with one attached hydrogen (secondary N) is 1. The highest BCUT2D eigenvalue weighted by Crippen LogP contribution is 2.25. The van der Waals surface area contributed by atoms with Gasteiger partial charge in [0.05, 0.1) is 0 Å². The van der Waals surface area contributed by atoms with Crippen molar-refractivity contribution in [1.82, 2.24) is 5.32 Å². The number of amides is 1. The highest BCUT2D eigenvalue weighted by Gasteiger charge is 2.19. The molecule has 0 fully saturated rings. The number of hydrogen-bond acceptors (Lipinski definition) is 3. The summed E-state index contributed by atoms with van der Waals surface area (Å²) in [6.45, 7) is 6.14. The lowest BCUT2D eigenvalue weighted by molar-refractivity contribution is -0.127. The Morgan fingerprint density at radius 1 is 1.43 bits per heavy atom. The van der Waals surface area contributed by atoms with Crippen LogP contribution in [-0.2, 0) is 11.2 Å². The summed E-state index contributed by atoms with van der Waals surface area (Å²) in [5.74, 6) is -0.586. The van der Waals surface area contributed by atoms with Crippen molar-refractivity contribution in [2.75, 3.05) is 6.54 Å². The van der Waals surface area contributed by atoms with Crippen LogP contribution in [0.4, 0.5) is 4.39 Å². The van der Waals surface area contributed by atoms with Gasteiger partial charge in [-0.3, -0.25) is 4.79 Å². The van der Waals surface area contributed by atoms with Gasteiger partial charge in [0.1, 0.15) is 0 Å². The van der Waals surface area contributed by atoms with Crippen molar-refractivity contribution < 1.29 is 13.9 Å². The molecule has 0 saturated heterocycles. The zero-order valence-electron chi connectivity index (χ0n) is 13.0. The summed E-state index contributed by atoms with van der Waals surface area (Å²) >= 11 is 0. The van der Waals surface area contributed by atoms with Crippen LogP contribution in [0.2, 0.25) is 0 Å². The smallest absolute Gasteiger partial charge is 0.260 e. The number of para-hydroxylation sites is 1. The van der Waals surface area contributed by atoms with E-state index >= 15 is 0 Å². The van der Waals surface area contributed by atoms with E-state index < -0.39 is 11.9 Å². The van der Waals surface area contributed by atoms with Gasteiger partial charge in [0.15, 0.2) is 17.7 Å². The van der Waals surface area contributed by atoms with Gasteiger partial charge in [0.2, 0.25) is 0 Å². The van der Waals surface area contributed by atoms with Gasteiger partial charge in [-0.05, 0) is 37.8 Å². The molecule has 1 aromatic carbocycles. The Labute approximate surface area is 125 Å². The minimum absolute atomic E-state index is 0.0571. The fourth-order valence-corrected chi connectivity index (χ4v) is 1.90. The molecule has 0 bridgehead atoms. The quantitative estimate of drug-likeness (QED) is 0.774. The number of hydrogen-bond donors (Lipinski definition) is 2. The molecule has 0 radical (unpaired) electrons. The van der Waals surface area contributed by atoms with Crippen LogP contribution in [0.5, 0.6) is 5.75 Å². The first kappa shape index (κ1) is 17.4. The Morgan fingerprint density at radius 2 is 2.14 bits per heavy atom. The largest absolute Gasteiger partial charge is 0.478 e. The number of rotatable bonds is 8. The molecule has 0 heterocycles. The van der Waals surface area contributed by atoms with E-state index in [0.717, 1.165) is 12.8 Å². The van der Waals surface area contributed by atoms with E-state index in [9.17, 15) is 9.18 Å². The second-order valence-corrected chi connectivity index (χ2v) is 5.15. The lowest BCUT2D eigenvalue weighted by Crippen LogP contribution is -2.37. The minimum Gasteiger partial charge on any atom is -0.478 e. The fourth-order valence-electron chi connectivity index (χ4n) is 1.90. The van der Waals surface area contributed by atoms with E-state index in [-0.39, 0.29) is 17.7 Å². The minimum atomic E-state index is -0.745. The van der Waals surface area contributed by atoms with Gasteiger partial charge in [-0.2, -0.15) is 0 Å². The fraction of sp³-hybridized carbons (Fsp3) is 0.562. The molecule has 0 aliphatic heterocycles. The molecule has 0 saturated carbocycles. The third-order valence-corrected chi connectivity index (χ3v) is 3.27. The Hall–Kier alpha value is -1.62. The Bertz CT molecular complexity index is 466. The van der Waals surface area contributed by atoms with E-state index in [1.807, 2.05) is 13.8 Å². The van der Waals surface area contributed by atoms with E-state index in [0.29, 0.717) is 18.5 Å². The van der Waals surface area contributed by atoms with Crippen LogP contribution in [0.3, 0.4) is 0 Å². The molecule has 4 nitrogen and oxygen atoms in total. The van der Waals surface area contributed by atoms with Crippen molar-refractivity contribution in [3.63, 3.8) is 0 Å². The summed E-state index contributed by atoms with van der Waals surface area (Å²) < 4.78 is 19.5. The van der Waals surface area contributed by atoms with Crippen LogP contribution in [0.15, 0.2) is 18.2 Å². The van der Waals surface area contributed by atoms with Crippen molar-refractivity contribution >= 4 is 5.91 Å². The second-order valence-electron chi connectivity index (χ2n) is 5.15. The maximum atomic E-state index is 14.0. The van der Waals surface area contributed by atoms with E-state index in [1.165, 1.54) is 6.07 Å². The number of halogens is 1. The molecule has 1 aromatic rings. The number of carbonyl (C=O) groups excluding carboxylic acids is 1. The standard InChI is InChI=1S/C16H25FN2O2/c1-4-9-19-16(20)11(3)21-15-12(10-13(18)5-2)7-6-8-14(15)17/h6-8,11,13H,4-5,9-10,18H2,1-3H3,(H,19,20). The summed E-state index contributed by atoms with van der Waals surface area (Å²) in [6, 6.07) is 4.68. The topological polar surface area (TPSA) is 64.3 Å². The second kappa shape index (κ2) is 8.62. The summed E-state index contributed by atoms with van der Waals surface area (Å²) in [4.78, 5) is 11.8. The van der Waals surface area contributed by atoms with Gasteiger partial charge in [-0.15, -0.1) is 0 Å². The number of nitrogens with two attached hydrogens (primary N) is 1. The maximum Gasteiger partial charge on any atom is 0.260 e. The molecule has 21 heavy (non-hydrogen) atoms. The number of carbonyl (C=O) groups is 1. The van der Waals surface area contributed by atoms with Crippen LogP contribution in [0, 0.1) is 5.82 Å². The van der Waals surface area contributed by atoms with E-state index in [1.54, 1.807) is 19.1 Å². The van der Waals surface area contributed by atoms with E-state index in [2.05, 4.69) is 5.32 Å². The molecule has 0 aliphatic carbocycles. The third kappa shape index (κ3) is 5.34. The first-order valence-corrected chi connectivity index (χ1v) is 7.46. The van der Waals surface area contributed by atoms with Crippen molar-refractivity contribution in [2.24, 2.45) is 5.73 Å². The van der Waals surface area contributed by atoms with Gasteiger partial charge in [-0.1, -0.05) is 26.0 Å². The average molecular weight is 296 g/mol. The highest BCUT2D eigenvalue weighted by atomic mass is 19.1. The average Bonchev–Trinajstić information content (AvgIpc) is 2.47. The Balaban J connectivity index is 2.83. The number of ether oxygens (including phenoxy) is 1. The lowest BCUT2D eigenvalue weighted by atomic mass is 10.0. The Morgan fingerprint density at radius 3 is 2.76 bits per heavy atom. The molecular weight excluding hydrogens is 271 g/mol. The normalized spacial score (nSPS) is 13.6. The number of benzene rings is 1. The van der Waals surface area contributed by atoms with Crippen molar-refractivity contribution in [2.45, 2.75) is 52.2 Å². The van der Waals surface area contributed by atoms with E-state index in [4.69, 9.17) is 10.5 Å². The summed E-state index contributed by atoms with van der Waals surface area (Å²) in [5, 5.41) is 2.73. The first-order valence-electron chi connectivity index (χ1n) is 7.46. The van der Waals surface area contributed by atoms with Gasteiger partial charge < -0.3 is 15.8 Å². The van der Waals surface area contributed by atoms with Gasteiger partial charge in [0.25, 0.3) is 5.91 Å². The summed E-state index contributed by atoms with van der Waals surface area (Å²) in [5.41, 5.74) is 6.62. The summed E-state index contributed by atoms with van der Waals surface area (Å²) in [7, 11) is 0. The molecule has 0 aromatic heterocycles. The van der Waals surface area contributed by atoms with Gasteiger partial charge in [-0.25, -0.2) is 4.39 Å². The predicted octanol–water partition coefficient (Wildman–Crippen LogP) is 2.40. The van der Waals surface area contributed by atoms with Crippen LogP contribution in [0.1, 0.15) is 39.2 Å². The lowest BCUT2D eigenvalue weighted by Gasteiger charge is -2.19. The molecule has 118 valence electrons. The molecule has 0 spiro atoms. The van der Waals surface area contributed by atoms with Gasteiger partial charge >= 0.3 is 0 Å². The molecular formula is C16H25FN2O2. The molecule has 3 N–H and O–H groups in total. The van der Waals surface area contributed by atoms with Crippen LogP contribution in [0.25, 0.3) is 0 Å². The molecule has 5 heteroatoms. The zero-order valence-corrected chi connectivity index (χ0v) is 13.0. The molecule has 0 aliphatic rings. The van der Waals surface area contributed by atoms with Crippen LogP contribution >= 0.6 is 0 Å². The zero-order chi connectivity index (χ0) is 15.8. The van der Waals surface area contributed by atoms with Crippen molar-refractivity contribution in [1.29, 1.82) is 0 Å². The van der Waals surface area contributed by atoms with Crippen LogP contribution in [-0.4, -0.2) is 24.6 Å². The maximum absolute atomic E-state index is 14.0. The predicted molar refractivity (Wildman–Crippen MR) is 81.8 cm³/mol. The Kier molecular flexibility index (Phi) is 7.15. The monoisotopic (exact) mass is 296 g/mol. The highest BCUT2D eigenvalue weighted by molar-refractivity contribution is 5.80. The van der Waals surface area contributed by atoms with Gasteiger partial charge in [0, 0.05) is 12.6 Å². The molecule has 1 rings (SSSR count).